The van der Waals surface area contributed by atoms with Crippen molar-refractivity contribution in [1.29, 1.82) is 0 Å². The fraction of sp³-hybridized carbons (Fsp3) is 0.176. The van der Waals surface area contributed by atoms with Gasteiger partial charge in [-0.3, -0.25) is 9.59 Å². The summed E-state index contributed by atoms with van der Waals surface area (Å²) >= 11 is 11.7. The van der Waals surface area contributed by atoms with E-state index in [0.29, 0.717) is 11.3 Å². The summed E-state index contributed by atoms with van der Waals surface area (Å²) in [5, 5.41) is 2.75. The van der Waals surface area contributed by atoms with Crippen molar-refractivity contribution in [3.8, 4) is 0 Å². The highest BCUT2D eigenvalue weighted by Crippen LogP contribution is 2.25. The number of benzene rings is 2. The molecular weight excluding hydrogens is 399 g/mol. The standard InChI is InChI=1S/C17H16Cl2N2O4S/c1-10(17(23)20-14-5-3-4-12(8-14)11(2)22)21-26(24,25)16-9-13(18)6-7-15(16)19/h3-10,21H,1-2H3,(H,20,23). The van der Waals surface area contributed by atoms with Crippen molar-refractivity contribution in [3.63, 3.8) is 0 Å². The zero-order valence-electron chi connectivity index (χ0n) is 13.9. The van der Waals surface area contributed by atoms with Crippen LogP contribution in [0.15, 0.2) is 47.4 Å². The molecular formula is C17H16Cl2N2O4S. The van der Waals surface area contributed by atoms with Gasteiger partial charge in [0.25, 0.3) is 0 Å². The Morgan fingerprint density at radius 3 is 2.42 bits per heavy atom. The van der Waals surface area contributed by atoms with Gasteiger partial charge in [-0.15, -0.1) is 0 Å². The van der Waals surface area contributed by atoms with Gasteiger partial charge in [-0.1, -0.05) is 35.3 Å². The van der Waals surface area contributed by atoms with Gasteiger partial charge in [0, 0.05) is 16.3 Å². The van der Waals surface area contributed by atoms with Crippen LogP contribution in [0.3, 0.4) is 0 Å². The molecule has 0 fully saturated rings. The normalized spacial score (nSPS) is 12.5. The molecule has 0 heterocycles. The summed E-state index contributed by atoms with van der Waals surface area (Å²) in [6.45, 7) is 2.80. The van der Waals surface area contributed by atoms with Crippen LogP contribution in [-0.4, -0.2) is 26.2 Å². The van der Waals surface area contributed by atoms with Gasteiger partial charge in [0.2, 0.25) is 15.9 Å². The third-order valence-corrected chi connectivity index (χ3v) is 5.70. The van der Waals surface area contributed by atoms with Gasteiger partial charge in [-0.25, -0.2) is 8.42 Å². The van der Waals surface area contributed by atoms with Gasteiger partial charge >= 0.3 is 0 Å². The first-order chi connectivity index (χ1) is 12.1. The van der Waals surface area contributed by atoms with Crippen molar-refractivity contribution in [3.05, 3.63) is 58.1 Å². The molecule has 2 N–H and O–H groups in total. The molecule has 2 rings (SSSR count). The Hall–Kier alpha value is -1.93. The predicted octanol–water partition coefficient (Wildman–Crippen LogP) is 3.50. The van der Waals surface area contributed by atoms with Crippen LogP contribution in [0.2, 0.25) is 10.0 Å². The van der Waals surface area contributed by atoms with Crippen LogP contribution in [0.4, 0.5) is 5.69 Å². The SMILES string of the molecule is CC(=O)c1cccc(NC(=O)C(C)NS(=O)(=O)c2cc(Cl)ccc2Cl)c1. The van der Waals surface area contributed by atoms with Crippen molar-refractivity contribution in [2.24, 2.45) is 0 Å². The zero-order chi connectivity index (χ0) is 19.5. The first-order valence-electron chi connectivity index (χ1n) is 7.49. The first kappa shape index (κ1) is 20.4. The van der Waals surface area contributed by atoms with Crippen molar-refractivity contribution in [2.45, 2.75) is 24.8 Å². The van der Waals surface area contributed by atoms with E-state index in [4.69, 9.17) is 23.2 Å². The van der Waals surface area contributed by atoms with Gasteiger partial charge in [-0.05, 0) is 44.2 Å². The number of ketones is 1. The van der Waals surface area contributed by atoms with Crippen LogP contribution < -0.4 is 10.0 Å². The average molecular weight is 415 g/mol. The summed E-state index contributed by atoms with van der Waals surface area (Å²) in [6, 6.07) is 9.27. The number of sulfonamides is 1. The van der Waals surface area contributed by atoms with Crippen LogP contribution in [0.1, 0.15) is 24.2 Å². The summed E-state index contributed by atoms with van der Waals surface area (Å²) in [7, 11) is -4.05. The minimum Gasteiger partial charge on any atom is -0.325 e. The number of hydrogen-bond donors (Lipinski definition) is 2. The van der Waals surface area contributed by atoms with E-state index in [1.807, 2.05) is 0 Å². The molecule has 9 heteroatoms. The molecule has 0 radical (unpaired) electrons. The van der Waals surface area contributed by atoms with Crippen molar-refractivity contribution < 1.29 is 18.0 Å². The van der Waals surface area contributed by atoms with E-state index in [1.54, 1.807) is 18.2 Å². The number of carbonyl (C=O) groups excluding carboxylic acids is 2. The topological polar surface area (TPSA) is 92.3 Å². The summed E-state index contributed by atoms with van der Waals surface area (Å²) in [4.78, 5) is 23.4. The Bertz CT molecular complexity index is 961. The second kappa shape index (κ2) is 8.18. The molecule has 0 bridgehead atoms. The molecule has 0 aliphatic rings. The van der Waals surface area contributed by atoms with Crippen LogP contribution in [0.25, 0.3) is 0 Å². The first-order valence-corrected chi connectivity index (χ1v) is 9.73. The number of hydrogen-bond acceptors (Lipinski definition) is 4. The molecule has 0 aromatic heterocycles. The maximum atomic E-state index is 12.4. The number of carbonyl (C=O) groups is 2. The van der Waals surface area contributed by atoms with Crippen molar-refractivity contribution in [1.82, 2.24) is 4.72 Å². The van der Waals surface area contributed by atoms with Crippen LogP contribution in [-0.2, 0) is 14.8 Å². The average Bonchev–Trinajstić information content (AvgIpc) is 2.56. The van der Waals surface area contributed by atoms with E-state index in [0.717, 1.165) is 0 Å². The lowest BCUT2D eigenvalue weighted by Gasteiger charge is -2.15. The maximum absolute atomic E-state index is 12.4. The maximum Gasteiger partial charge on any atom is 0.242 e. The molecule has 0 spiro atoms. The van der Waals surface area contributed by atoms with Crippen LogP contribution >= 0.6 is 23.2 Å². The monoisotopic (exact) mass is 414 g/mol. The smallest absolute Gasteiger partial charge is 0.242 e. The van der Waals surface area contributed by atoms with Gasteiger partial charge in [0.15, 0.2) is 5.78 Å². The molecule has 0 saturated heterocycles. The summed E-state index contributed by atoms with van der Waals surface area (Å²) in [5.74, 6) is -0.738. The summed E-state index contributed by atoms with van der Waals surface area (Å²) in [6.07, 6.45) is 0. The molecule has 1 atom stereocenters. The summed E-state index contributed by atoms with van der Waals surface area (Å²) in [5.41, 5.74) is 0.816. The largest absolute Gasteiger partial charge is 0.325 e. The minimum atomic E-state index is -4.05. The highest BCUT2D eigenvalue weighted by molar-refractivity contribution is 7.89. The molecule has 0 aliphatic carbocycles. The lowest BCUT2D eigenvalue weighted by Crippen LogP contribution is -2.41. The van der Waals surface area contributed by atoms with E-state index < -0.39 is 22.0 Å². The highest BCUT2D eigenvalue weighted by atomic mass is 35.5. The molecule has 6 nitrogen and oxygen atoms in total. The number of halogens is 2. The lowest BCUT2D eigenvalue weighted by atomic mass is 10.1. The Labute approximate surface area is 161 Å². The van der Waals surface area contributed by atoms with E-state index >= 15 is 0 Å². The molecule has 0 saturated carbocycles. The van der Waals surface area contributed by atoms with E-state index in [9.17, 15) is 18.0 Å². The highest BCUT2D eigenvalue weighted by Gasteiger charge is 2.24. The van der Waals surface area contributed by atoms with Gasteiger partial charge in [0.1, 0.15) is 4.90 Å². The Morgan fingerprint density at radius 1 is 1.08 bits per heavy atom. The molecule has 2 aromatic carbocycles. The minimum absolute atomic E-state index is 0.0105. The Morgan fingerprint density at radius 2 is 1.77 bits per heavy atom. The molecule has 1 unspecified atom stereocenters. The number of anilines is 1. The fourth-order valence-corrected chi connectivity index (χ4v) is 4.06. The molecule has 26 heavy (non-hydrogen) atoms. The van der Waals surface area contributed by atoms with Gasteiger partial charge in [-0.2, -0.15) is 4.72 Å². The third-order valence-electron chi connectivity index (χ3n) is 3.44. The fourth-order valence-electron chi connectivity index (χ4n) is 2.10. The molecule has 2 aromatic rings. The predicted molar refractivity (Wildman–Crippen MR) is 101 cm³/mol. The lowest BCUT2D eigenvalue weighted by molar-refractivity contribution is -0.117. The quantitative estimate of drug-likeness (QED) is 0.707. The molecule has 1 amide bonds. The number of amides is 1. The molecule has 0 aliphatic heterocycles. The van der Waals surface area contributed by atoms with Crippen LogP contribution in [0, 0.1) is 0 Å². The second-order valence-electron chi connectivity index (χ2n) is 5.54. The van der Waals surface area contributed by atoms with E-state index in [1.165, 1.54) is 38.1 Å². The Kier molecular flexibility index (Phi) is 6.41. The van der Waals surface area contributed by atoms with E-state index in [2.05, 4.69) is 10.0 Å². The zero-order valence-corrected chi connectivity index (χ0v) is 16.2. The molecule has 138 valence electrons. The number of rotatable bonds is 6. The Balaban J connectivity index is 2.14. The summed E-state index contributed by atoms with van der Waals surface area (Å²) < 4.78 is 27.1. The van der Waals surface area contributed by atoms with Crippen LogP contribution in [0.5, 0.6) is 0 Å². The van der Waals surface area contributed by atoms with Crippen molar-refractivity contribution >= 4 is 50.6 Å². The van der Waals surface area contributed by atoms with Gasteiger partial charge < -0.3 is 5.32 Å². The number of nitrogens with one attached hydrogen (secondary N) is 2. The number of Topliss-reactive ketones (excluding diaryl/α,β-unsaturated/α-hetero) is 1. The second-order valence-corrected chi connectivity index (χ2v) is 8.07. The van der Waals surface area contributed by atoms with E-state index in [-0.39, 0.29) is 20.7 Å². The third kappa shape index (κ3) is 5.04. The van der Waals surface area contributed by atoms with Crippen molar-refractivity contribution in [2.75, 3.05) is 5.32 Å². The van der Waals surface area contributed by atoms with Gasteiger partial charge in [0.05, 0.1) is 11.1 Å².